The first-order valence-electron chi connectivity index (χ1n) is 5.19. The molecule has 0 radical (unpaired) electrons. The molecule has 1 aromatic heterocycles. The van der Waals surface area contributed by atoms with Crippen molar-refractivity contribution in [2.24, 2.45) is 5.84 Å². The van der Waals surface area contributed by atoms with Crippen molar-refractivity contribution in [2.45, 2.75) is 12.5 Å². The summed E-state index contributed by atoms with van der Waals surface area (Å²) in [5.41, 5.74) is 3.28. The fourth-order valence-corrected chi connectivity index (χ4v) is 1.67. The molecule has 0 spiro atoms. The van der Waals surface area contributed by atoms with E-state index in [1.807, 2.05) is 0 Å². The predicted octanol–water partition coefficient (Wildman–Crippen LogP) is -1.01. The summed E-state index contributed by atoms with van der Waals surface area (Å²) < 4.78 is 0. The number of hydrazine groups is 1. The topological polar surface area (TPSA) is 109 Å². The maximum absolute atomic E-state index is 11.9. The predicted molar refractivity (Wildman–Crippen MR) is 60.9 cm³/mol. The van der Waals surface area contributed by atoms with E-state index < -0.39 is 0 Å². The van der Waals surface area contributed by atoms with Gasteiger partial charge in [0, 0.05) is 25.4 Å². The van der Waals surface area contributed by atoms with Crippen molar-refractivity contribution in [3.8, 4) is 0 Å². The Balaban J connectivity index is 2.06. The van der Waals surface area contributed by atoms with Crippen molar-refractivity contribution in [3.63, 3.8) is 0 Å². The van der Waals surface area contributed by atoms with Gasteiger partial charge in [0.15, 0.2) is 0 Å². The van der Waals surface area contributed by atoms with E-state index in [0.717, 1.165) is 0 Å². The summed E-state index contributed by atoms with van der Waals surface area (Å²) >= 11 is 0. The quantitative estimate of drug-likeness (QED) is 0.396. The van der Waals surface area contributed by atoms with Gasteiger partial charge in [0.1, 0.15) is 0 Å². The van der Waals surface area contributed by atoms with Gasteiger partial charge >= 0.3 is 0 Å². The van der Waals surface area contributed by atoms with E-state index in [9.17, 15) is 9.59 Å². The molecule has 17 heavy (non-hydrogen) atoms. The molecule has 5 N–H and O–H groups in total. The van der Waals surface area contributed by atoms with E-state index in [-0.39, 0.29) is 17.9 Å². The number of carbonyl (C=O) groups is 2. The number of nitrogens with two attached hydrogens (primary N) is 1. The van der Waals surface area contributed by atoms with Crippen molar-refractivity contribution >= 4 is 17.5 Å². The van der Waals surface area contributed by atoms with E-state index in [1.165, 1.54) is 12.4 Å². The van der Waals surface area contributed by atoms with Crippen LogP contribution >= 0.6 is 0 Å². The number of hydrogen-bond donors (Lipinski definition) is 4. The highest BCUT2D eigenvalue weighted by Crippen LogP contribution is 2.12. The SMILES string of the molecule is NNc1ccncc1C(=O)NC1CNC(=O)C1. The van der Waals surface area contributed by atoms with Gasteiger partial charge in [-0.3, -0.25) is 20.4 Å². The molecule has 0 saturated carbocycles. The minimum atomic E-state index is -0.299. The fraction of sp³-hybridized carbons (Fsp3) is 0.300. The van der Waals surface area contributed by atoms with Gasteiger partial charge in [-0.1, -0.05) is 0 Å². The average Bonchev–Trinajstić information content (AvgIpc) is 2.74. The molecule has 1 atom stereocenters. The van der Waals surface area contributed by atoms with Crippen molar-refractivity contribution in [1.82, 2.24) is 15.6 Å². The molecule has 0 aromatic carbocycles. The molecule has 1 aromatic rings. The van der Waals surface area contributed by atoms with E-state index in [4.69, 9.17) is 5.84 Å². The van der Waals surface area contributed by atoms with Gasteiger partial charge in [-0.05, 0) is 6.07 Å². The molecule has 2 heterocycles. The number of aromatic nitrogens is 1. The van der Waals surface area contributed by atoms with Gasteiger partial charge in [0.05, 0.1) is 17.3 Å². The zero-order chi connectivity index (χ0) is 12.3. The van der Waals surface area contributed by atoms with Gasteiger partial charge in [-0.25, -0.2) is 0 Å². The second-order valence-corrected chi connectivity index (χ2v) is 3.74. The summed E-state index contributed by atoms with van der Waals surface area (Å²) in [6.45, 7) is 0.455. The first-order valence-corrected chi connectivity index (χ1v) is 5.19. The standard InChI is InChI=1S/C10H13N5O2/c11-15-8-1-2-12-5-7(8)10(17)14-6-3-9(16)13-4-6/h1-2,5-6H,3-4,11H2,(H,12,15)(H,13,16)(H,14,17). The van der Waals surface area contributed by atoms with Crippen LogP contribution in [0.3, 0.4) is 0 Å². The summed E-state index contributed by atoms with van der Waals surface area (Å²) in [7, 11) is 0. The van der Waals surface area contributed by atoms with Crippen LogP contribution in [0.2, 0.25) is 0 Å². The lowest BCUT2D eigenvalue weighted by molar-refractivity contribution is -0.119. The van der Waals surface area contributed by atoms with Gasteiger partial charge in [-0.2, -0.15) is 0 Å². The van der Waals surface area contributed by atoms with E-state index in [0.29, 0.717) is 24.2 Å². The smallest absolute Gasteiger partial charge is 0.255 e. The summed E-state index contributed by atoms with van der Waals surface area (Å²) in [4.78, 5) is 26.8. The summed E-state index contributed by atoms with van der Waals surface area (Å²) in [5.74, 6) is 4.94. The Kier molecular flexibility index (Phi) is 3.20. The lowest BCUT2D eigenvalue weighted by atomic mass is 10.2. The van der Waals surface area contributed by atoms with Crippen molar-refractivity contribution in [1.29, 1.82) is 0 Å². The molecule has 0 bridgehead atoms. The van der Waals surface area contributed by atoms with Gasteiger partial charge in [0.25, 0.3) is 5.91 Å². The Morgan fingerprint density at radius 1 is 1.59 bits per heavy atom. The number of hydrogen-bond acceptors (Lipinski definition) is 5. The first kappa shape index (κ1) is 11.3. The average molecular weight is 235 g/mol. The number of nitrogens with one attached hydrogen (secondary N) is 3. The highest BCUT2D eigenvalue weighted by Gasteiger charge is 2.24. The minimum absolute atomic E-state index is 0.0568. The molecular formula is C10H13N5O2. The third-order valence-corrected chi connectivity index (χ3v) is 2.53. The van der Waals surface area contributed by atoms with Crippen LogP contribution in [-0.4, -0.2) is 29.4 Å². The summed E-state index contributed by atoms with van der Waals surface area (Å²) in [6, 6.07) is 1.42. The summed E-state index contributed by atoms with van der Waals surface area (Å²) in [6.07, 6.45) is 3.26. The summed E-state index contributed by atoms with van der Waals surface area (Å²) in [5, 5.41) is 5.39. The Bertz CT molecular complexity index is 448. The zero-order valence-electron chi connectivity index (χ0n) is 9.06. The van der Waals surface area contributed by atoms with Crippen LogP contribution < -0.4 is 21.9 Å². The fourth-order valence-electron chi connectivity index (χ4n) is 1.67. The molecule has 0 aliphatic carbocycles. The van der Waals surface area contributed by atoms with Gasteiger partial charge in [0.2, 0.25) is 5.91 Å². The Labute approximate surface area is 97.8 Å². The second kappa shape index (κ2) is 4.79. The van der Waals surface area contributed by atoms with Crippen LogP contribution in [-0.2, 0) is 4.79 Å². The van der Waals surface area contributed by atoms with Crippen LogP contribution in [0.5, 0.6) is 0 Å². The minimum Gasteiger partial charge on any atom is -0.354 e. The van der Waals surface area contributed by atoms with Crippen molar-refractivity contribution < 1.29 is 9.59 Å². The largest absolute Gasteiger partial charge is 0.354 e. The van der Waals surface area contributed by atoms with Gasteiger partial charge < -0.3 is 16.1 Å². The second-order valence-electron chi connectivity index (χ2n) is 3.74. The van der Waals surface area contributed by atoms with E-state index in [2.05, 4.69) is 21.0 Å². The molecule has 1 saturated heterocycles. The van der Waals surface area contributed by atoms with Gasteiger partial charge in [-0.15, -0.1) is 0 Å². The molecule has 1 aliphatic heterocycles. The van der Waals surface area contributed by atoms with Crippen LogP contribution in [0.1, 0.15) is 16.8 Å². The molecule has 7 nitrogen and oxygen atoms in total. The molecule has 7 heteroatoms. The zero-order valence-corrected chi connectivity index (χ0v) is 9.06. The molecule has 2 amide bonds. The number of nitrogens with zero attached hydrogens (tertiary/aromatic N) is 1. The first-order chi connectivity index (χ1) is 8.20. The van der Waals surface area contributed by atoms with Crippen molar-refractivity contribution in [2.75, 3.05) is 12.0 Å². The van der Waals surface area contributed by atoms with Crippen LogP contribution in [0.25, 0.3) is 0 Å². The monoisotopic (exact) mass is 235 g/mol. The number of carbonyl (C=O) groups excluding carboxylic acids is 2. The van der Waals surface area contributed by atoms with E-state index >= 15 is 0 Å². The Hall–Kier alpha value is -2.15. The number of anilines is 1. The number of pyridine rings is 1. The molecule has 1 aliphatic rings. The normalized spacial score (nSPS) is 18.6. The maximum Gasteiger partial charge on any atom is 0.255 e. The van der Waals surface area contributed by atoms with Crippen LogP contribution in [0, 0.1) is 0 Å². The van der Waals surface area contributed by atoms with Crippen LogP contribution in [0.4, 0.5) is 5.69 Å². The maximum atomic E-state index is 11.9. The highest BCUT2D eigenvalue weighted by atomic mass is 16.2. The number of amides is 2. The molecular weight excluding hydrogens is 222 g/mol. The van der Waals surface area contributed by atoms with E-state index in [1.54, 1.807) is 6.07 Å². The Morgan fingerprint density at radius 2 is 2.41 bits per heavy atom. The lowest BCUT2D eigenvalue weighted by Gasteiger charge is -2.12. The lowest BCUT2D eigenvalue weighted by Crippen LogP contribution is -2.36. The third-order valence-electron chi connectivity index (χ3n) is 2.53. The molecule has 1 fully saturated rings. The number of nitrogen functional groups attached to an aromatic ring is 1. The molecule has 2 rings (SSSR count). The highest BCUT2D eigenvalue weighted by molar-refractivity contribution is 5.99. The van der Waals surface area contributed by atoms with Crippen LogP contribution in [0.15, 0.2) is 18.5 Å². The van der Waals surface area contributed by atoms with Crippen molar-refractivity contribution in [3.05, 3.63) is 24.0 Å². The Morgan fingerprint density at radius 3 is 3.06 bits per heavy atom. The molecule has 1 unspecified atom stereocenters. The number of rotatable bonds is 3. The third kappa shape index (κ3) is 2.51. The molecule has 90 valence electrons.